The third kappa shape index (κ3) is 2.90. The molecule has 2 heterocycles. The van der Waals surface area contributed by atoms with Crippen molar-refractivity contribution >= 4 is 19.5 Å². The molecule has 0 atom stereocenters. The third-order valence-electron chi connectivity index (χ3n) is 5.94. The van der Waals surface area contributed by atoms with Crippen molar-refractivity contribution in [3.05, 3.63) is 0 Å². The molecule has 0 radical (unpaired) electrons. The van der Waals surface area contributed by atoms with Gasteiger partial charge >= 0.3 is 7.12 Å². The molecule has 116 valence electrons. The average molecular weight is 302 g/mol. The van der Waals surface area contributed by atoms with Gasteiger partial charge in [-0.05, 0) is 84.1 Å². The van der Waals surface area contributed by atoms with Crippen LogP contribution in [0.25, 0.3) is 0 Å². The van der Waals surface area contributed by atoms with Crippen LogP contribution in [-0.4, -0.2) is 31.4 Å². The van der Waals surface area contributed by atoms with Gasteiger partial charge in [0.2, 0.25) is 0 Å². The van der Waals surface area contributed by atoms with Crippen LogP contribution in [-0.2, 0) is 9.31 Å². The van der Waals surface area contributed by atoms with Crippen molar-refractivity contribution in [2.45, 2.75) is 70.9 Å². The smallest absolute Gasteiger partial charge is 0.403 e. The molecule has 3 aliphatic rings. The van der Waals surface area contributed by atoms with Gasteiger partial charge in [-0.15, -0.1) is 12.4 Å². The van der Waals surface area contributed by atoms with E-state index in [2.05, 4.69) is 33.0 Å². The van der Waals surface area contributed by atoms with Gasteiger partial charge in [0.1, 0.15) is 0 Å². The van der Waals surface area contributed by atoms with Crippen molar-refractivity contribution in [2.75, 3.05) is 13.1 Å². The summed E-state index contributed by atoms with van der Waals surface area (Å²) >= 11 is 0. The first-order valence-corrected chi connectivity index (χ1v) is 7.88. The van der Waals surface area contributed by atoms with Gasteiger partial charge in [-0.1, -0.05) is 0 Å². The van der Waals surface area contributed by atoms with Crippen molar-refractivity contribution in [1.29, 1.82) is 0 Å². The van der Waals surface area contributed by atoms with Gasteiger partial charge < -0.3 is 14.6 Å². The van der Waals surface area contributed by atoms with Crippen molar-refractivity contribution in [2.24, 2.45) is 11.3 Å². The van der Waals surface area contributed by atoms with E-state index in [1.54, 1.807) is 0 Å². The number of rotatable bonds is 2. The molecule has 3 nitrogen and oxygen atoms in total. The normalized spacial score (nSPS) is 30.9. The summed E-state index contributed by atoms with van der Waals surface area (Å²) < 4.78 is 12.2. The van der Waals surface area contributed by atoms with Crippen LogP contribution >= 0.6 is 12.4 Å². The lowest BCUT2D eigenvalue weighted by Gasteiger charge is -2.50. The van der Waals surface area contributed by atoms with Crippen LogP contribution in [0, 0.1) is 11.3 Å². The summed E-state index contributed by atoms with van der Waals surface area (Å²) in [4.78, 5) is 0. The lowest BCUT2D eigenvalue weighted by molar-refractivity contribution is 0.00578. The van der Waals surface area contributed by atoms with Crippen LogP contribution in [0.1, 0.15) is 53.4 Å². The summed E-state index contributed by atoms with van der Waals surface area (Å²) in [7, 11) is 0.00839. The minimum atomic E-state index is -0.173. The highest BCUT2D eigenvalue weighted by molar-refractivity contribution is 6.45. The van der Waals surface area contributed by atoms with Crippen molar-refractivity contribution < 1.29 is 9.31 Å². The maximum absolute atomic E-state index is 6.11. The second-order valence-corrected chi connectivity index (χ2v) is 7.95. The van der Waals surface area contributed by atoms with Gasteiger partial charge in [-0.25, -0.2) is 0 Å². The molecule has 3 fully saturated rings. The Morgan fingerprint density at radius 2 is 1.50 bits per heavy atom. The van der Waals surface area contributed by atoms with E-state index in [4.69, 9.17) is 9.31 Å². The zero-order chi connectivity index (χ0) is 13.7. The lowest BCUT2D eigenvalue weighted by Crippen LogP contribution is -2.46. The number of hydrogen-bond donors (Lipinski definition) is 1. The largest absolute Gasteiger partial charge is 0.458 e. The lowest BCUT2D eigenvalue weighted by atomic mass is 9.53. The van der Waals surface area contributed by atoms with Gasteiger partial charge in [0, 0.05) is 0 Å². The van der Waals surface area contributed by atoms with Crippen molar-refractivity contribution in [3.63, 3.8) is 0 Å². The molecule has 2 aliphatic heterocycles. The first kappa shape index (κ1) is 16.6. The van der Waals surface area contributed by atoms with E-state index in [1.807, 2.05) is 0 Å². The molecular formula is C15H29BClNO2. The van der Waals surface area contributed by atoms with Crippen LogP contribution in [0.15, 0.2) is 0 Å². The molecule has 5 heteroatoms. The van der Waals surface area contributed by atoms with Gasteiger partial charge in [-0.2, -0.15) is 0 Å². The fourth-order valence-corrected chi connectivity index (χ4v) is 4.03. The SMILES string of the molecule is CC1(C)OB(CC2CC3(CCNCC3)C2)OC1(C)C.Cl. The highest BCUT2D eigenvalue weighted by atomic mass is 35.5. The minimum absolute atomic E-state index is 0. The van der Waals surface area contributed by atoms with E-state index in [0.29, 0.717) is 5.41 Å². The first-order valence-electron chi connectivity index (χ1n) is 7.88. The Labute approximate surface area is 130 Å². The molecule has 20 heavy (non-hydrogen) atoms. The molecule has 1 spiro atoms. The molecule has 0 bridgehead atoms. The number of hydrogen-bond acceptors (Lipinski definition) is 3. The monoisotopic (exact) mass is 301 g/mol. The summed E-state index contributed by atoms with van der Waals surface area (Å²) in [6, 6.07) is 0. The summed E-state index contributed by atoms with van der Waals surface area (Å²) in [6.45, 7) is 11.0. The van der Waals surface area contributed by atoms with Gasteiger partial charge in [0.05, 0.1) is 11.2 Å². The Balaban J connectivity index is 0.00000147. The zero-order valence-electron chi connectivity index (χ0n) is 13.3. The minimum Gasteiger partial charge on any atom is -0.403 e. The predicted molar refractivity (Wildman–Crippen MR) is 85.4 cm³/mol. The second-order valence-electron chi connectivity index (χ2n) is 7.95. The first-order chi connectivity index (χ1) is 8.82. The second kappa shape index (κ2) is 5.46. The highest BCUT2D eigenvalue weighted by Gasteiger charge is 2.53. The predicted octanol–water partition coefficient (Wildman–Crippen LogP) is 3.28. The topological polar surface area (TPSA) is 30.5 Å². The molecule has 0 aromatic rings. The van der Waals surface area contributed by atoms with Crippen molar-refractivity contribution in [1.82, 2.24) is 5.32 Å². The molecule has 0 aromatic carbocycles. The number of piperidine rings is 1. The molecule has 0 aromatic heterocycles. The molecule has 1 saturated carbocycles. The summed E-state index contributed by atoms with van der Waals surface area (Å²) in [5, 5.41) is 3.47. The summed E-state index contributed by atoms with van der Waals surface area (Å²) in [6.07, 6.45) is 6.60. The van der Waals surface area contributed by atoms with E-state index >= 15 is 0 Å². The summed E-state index contributed by atoms with van der Waals surface area (Å²) in [5.74, 6) is 0.813. The highest BCUT2D eigenvalue weighted by Crippen LogP contribution is 2.54. The van der Waals surface area contributed by atoms with Gasteiger partial charge in [0.15, 0.2) is 0 Å². The van der Waals surface area contributed by atoms with Crippen LogP contribution in [0.2, 0.25) is 6.32 Å². The number of halogens is 1. The van der Waals surface area contributed by atoms with Crippen molar-refractivity contribution in [3.8, 4) is 0 Å². The fraction of sp³-hybridized carbons (Fsp3) is 1.00. The quantitative estimate of drug-likeness (QED) is 0.794. The van der Waals surface area contributed by atoms with Crippen LogP contribution in [0.4, 0.5) is 0 Å². The van der Waals surface area contributed by atoms with Crippen LogP contribution < -0.4 is 5.32 Å². The number of nitrogens with one attached hydrogen (secondary N) is 1. The maximum Gasteiger partial charge on any atom is 0.458 e. The molecule has 0 unspecified atom stereocenters. The van der Waals surface area contributed by atoms with E-state index in [1.165, 1.54) is 38.8 Å². The standard InChI is InChI=1S/C15H28BNO2.ClH/c1-13(2)14(3,4)19-16(18-13)11-12-9-15(10-12)5-7-17-8-6-15;/h12,17H,5-11H2,1-4H3;1H. The molecule has 1 aliphatic carbocycles. The zero-order valence-corrected chi connectivity index (χ0v) is 14.1. The Kier molecular flexibility index (Phi) is 4.53. The van der Waals surface area contributed by atoms with E-state index < -0.39 is 0 Å². The Bertz CT molecular complexity index is 332. The third-order valence-corrected chi connectivity index (χ3v) is 5.94. The Morgan fingerprint density at radius 1 is 1.00 bits per heavy atom. The molecule has 3 rings (SSSR count). The molecule has 2 saturated heterocycles. The average Bonchev–Trinajstić information content (AvgIpc) is 2.46. The van der Waals surface area contributed by atoms with Crippen LogP contribution in [0.3, 0.4) is 0 Å². The fourth-order valence-electron chi connectivity index (χ4n) is 4.03. The van der Waals surface area contributed by atoms with E-state index in [-0.39, 0.29) is 30.7 Å². The molecule has 1 N–H and O–H groups in total. The van der Waals surface area contributed by atoms with E-state index in [9.17, 15) is 0 Å². The van der Waals surface area contributed by atoms with Crippen LogP contribution in [0.5, 0.6) is 0 Å². The summed E-state index contributed by atoms with van der Waals surface area (Å²) in [5.41, 5.74) is 0.321. The van der Waals surface area contributed by atoms with Gasteiger partial charge in [0.25, 0.3) is 0 Å². The van der Waals surface area contributed by atoms with E-state index in [0.717, 1.165) is 12.2 Å². The Hall–Kier alpha value is 0.235. The van der Waals surface area contributed by atoms with Gasteiger partial charge in [-0.3, -0.25) is 0 Å². The molecule has 0 amide bonds. The Morgan fingerprint density at radius 3 is 2.00 bits per heavy atom. The maximum atomic E-state index is 6.11. The molecular weight excluding hydrogens is 272 g/mol.